The highest BCUT2D eigenvalue weighted by Gasteiger charge is 2.25. The van der Waals surface area contributed by atoms with Crippen molar-refractivity contribution in [3.8, 4) is 0 Å². The number of carbonyl (C=O) groups excluding carboxylic acids is 1. The van der Waals surface area contributed by atoms with Crippen molar-refractivity contribution in [2.24, 2.45) is 0 Å². The van der Waals surface area contributed by atoms with Gasteiger partial charge in [0.1, 0.15) is 0 Å². The number of benzene rings is 1. The van der Waals surface area contributed by atoms with Gasteiger partial charge in [-0.15, -0.1) is 0 Å². The maximum Gasteiger partial charge on any atom is 0.270 e. The molecule has 0 N–H and O–H groups in total. The third-order valence-electron chi connectivity index (χ3n) is 2.27. The molecule has 4 nitrogen and oxygen atoms in total. The maximum absolute atomic E-state index is 11.4. The minimum atomic E-state index is -0.451. The normalized spacial score (nSPS) is 14.2. The number of rotatable bonds is 1. The molecule has 14 heavy (non-hydrogen) atoms. The second-order valence-corrected chi connectivity index (χ2v) is 4.00. The van der Waals surface area contributed by atoms with Crippen molar-refractivity contribution in [3.05, 3.63) is 37.8 Å². The Bertz CT molecular complexity index is 442. The topological polar surface area (TPSA) is 60.2 Å². The lowest BCUT2D eigenvalue weighted by atomic mass is 10.1. The minimum Gasteiger partial charge on any atom is -0.294 e. The summed E-state index contributed by atoms with van der Waals surface area (Å²) in [6.45, 7) is 0. The molecule has 72 valence electrons. The highest BCUT2D eigenvalue weighted by molar-refractivity contribution is 9.10. The highest BCUT2D eigenvalue weighted by atomic mass is 79.9. The van der Waals surface area contributed by atoms with Crippen LogP contribution in [0.4, 0.5) is 5.69 Å². The number of fused-ring (bicyclic) bond motifs is 1. The van der Waals surface area contributed by atoms with Crippen molar-refractivity contribution < 1.29 is 9.72 Å². The number of non-ortho nitro benzene ring substituents is 1. The molecule has 0 amide bonds. The molecule has 0 saturated carbocycles. The molecule has 0 aliphatic heterocycles. The van der Waals surface area contributed by atoms with Crippen LogP contribution in [0.25, 0.3) is 0 Å². The number of Topliss-reactive ketones (excluding diaryl/α,β-unsaturated/α-hetero) is 1. The third kappa shape index (κ3) is 1.33. The van der Waals surface area contributed by atoms with Crippen LogP contribution in [-0.2, 0) is 6.42 Å². The van der Waals surface area contributed by atoms with Crippen LogP contribution in [0.1, 0.15) is 22.3 Å². The zero-order valence-corrected chi connectivity index (χ0v) is 8.70. The van der Waals surface area contributed by atoms with Gasteiger partial charge in [0.2, 0.25) is 0 Å². The molecule has 0 atom stereocenters. The fourth-order valence-corrected chi connectivity index (χ4v) is 2.35. The Morgan fingerprint density at radius 3 is 2.71 bits per heavy atom. The van der Waals surface area contributed by atoms with E-state index in [1.165, 1.54) is 12.1 Å². The van der Waals surface area contributed by atoms with Gasteiger partial charge < -0.3 is 0 Å². The maximum atomic E-state index is 11.4. The monoisotopic (exact) mass is 255 g/mol. The van der Waals surface area contributed by atoms with E-state index in [0.717, 1.165) is 5.56 Å². The van der Waals surface area contributed by atoms with Gasteiger partial charge in [-0.3, -0.25) is 14.9 Å². The van der Waals surface area contributed by atoms with Crippen LogP contribution in [0.15, 0.2) is 16.6 Å². The SMILES string of the molecule is O=C1CCc2cc([N+](=O)[O-])cc(Br)c21. The van der Waals surface area contributed by atoms with Crippen LogP contribution in [0.5, 0.6) is 0 Å². The summed E-state index contributed by atoms with van der Waals surface area (Å²) in [5.74, 6) is 0.0572. The Morgan fingerprint density at radius 1 is 1.36 bits per heavy atom. The van der Waals surface area contributed by atoms with Gasteiger partial charge in [-0.1, -0.05) is 0 Å². The Hall–Kier alpha value is -1.23. The van der Waals surface area contributed by atoms with E-state index in [1.54, 1.807) is 0 Å². The third-order valence-corrected chi connectivity index (χ3v) is 2.89. The molecule has 0 aromatic heterocycles. The van der Waals surface area contributed by atoms with E-state index in [4.69, 9.17) is 0 Å². The van der Waals surface area contributed by atoms with Gasteiger partial charge in [0, 0.05) is 28.6 Å². The number of hydrogen-bond donors (Lipinski definition) is 0. The summed E-state index contributed by atoms with van der Waals surface area (Å²) in [7, 11) is 0. The van der Waals surface area contributed by atoms with Crippen LogP contribution in [0, 0.1) is 10.1 Å². The van der Waals surface area contributed by atoms with Gasteiger partial charge in [0.25, 0.3) is 5.69 Å². The molecule has 0 spiro atoms. The van der Waals surface area contributed by atoms with Gasteiger partial charge in [-0.2, -0.15) is 0 Å². The van der Waals surface area contributed by atoms with Crippen molar-refractivity contribution >= 4 is 27.4 Å². The zero-order valence-electron chi connectivity index (χ0n) is 7.12. The molecule has 0 radical (unpaired) electrons. The second-order valence-electron chi connectivity index (χ2n) is 3.14. The van der Waals surface area contributed by atoms with Crippen LogP contribution in [0.2, 0.25) is 0 Å². The zero-order chi connectivity index (χ0) is 10.3. The Kier molecular flexibility index (Phi) is 2.11. The number of ketones is 1. The number of hydrogen-bond acceptors (Lipinski definition) is 3. The molecule has 1 aliphatic rings. The van der Waals surface area contributed by atoms with Gasteiger partial charge >= 0.3 is 0 Å². The summed E-state index contributed by atoms with van der Waals surface area (Å²) in [6.07, 6.45) is 1.06. The highest BCUT2D eigenvalue weighted by Crippen LogP contribution is 2.32. The van der Waals surface area contributed by atoms with E-state index in [-0.39, 0.29) is 11.5 Å². The first-order valence-electron chi connectivity index (χ1n) is 4.09. The standard InChI is InChI=1S/C9H6BrNO3/c10-7-4-6(11(13)14)3-5-1-2-8(12)9(5)7/h3-4H,1-2H2. The first-order chi connectivity index (χ1) is 6.59. The fraction of sp³-hybridized carbons (Fsp3) is 0.222. The lowest BCUT2D eigenvalue weighted by molar-refractivity contribution is -0.385. The quantitative estimate of drug-likeness (QED) is 0.572. The van der Waals surface area contributed by atoms with E-state index >= 15 is 0 Å². The molecule has 1 aromatic rings. The van der Waals surface area contributed by atoms with Crippen molar-refractivity contribution in [2.75, 3.05) is 0 Å². The Labute approximate surface area is 88.2 Å². The molecule has 0 saturated heterocycles. The molecule has 5 heteroatoms. The van der Waals surface area contributed by atoms with Crippen LogP contribution < -0.4 is 0 Å². The summed E-state index contributed by atoms with van der Waals surface area (Å²) in [5, 5.41) is 10.5. The lowest BCUT2D eigenvalue weighted by Gasteiger charge is -2.00. The molecular formula is C9H6BrNO3. The van der Waals surface area contributed by atoms with E-state index in [1.807, 2.05) is 0 Å². The Morgan fingerprint density at radius 2 is 2.07 bits per heavy atom. The molecule has 1 aliphatic carbocycles. The largest absolute Gasteiger partial charge is 0.294 e. The lowest BCUT2D eigenvalue weighted by Crippen LogP contribution is -1.95. The van der Waals surface area contributed by atoms with Crippen LogP contribution >= 0.6 is 15.9 Å². The number of nitrogens with zero attached hydrogens (tertiary/aromatic N) is 1. The average Bonchev–Trinajstić information content (AvgIpc) is 2.48. The molecule has 1 aromatic carbocycles. The van der Waals surface area contributed by atoms with Gasteiger partial charge in [0.15, 0.2) is 5.78 Å². The molecule has 0 unspecified atom stereocenters. The Balaban J connectivity index is 2.62. The summed E-state index contributed by atoms with van der Waals surface area (Å²) in [4.78, 5) is 21.5. The summed E-state index contributed by atoms with van der Waals surface area (Å²) < 4.78 is 0.532. The number of nitro benzene ring substituents is 1. The second kappa shape index (κ2) is 3.16. The van der Waals surface area contributed by atoms with Gasteiger partial charge in [-0.25, -0.2) is 0 Å². The predicted molar refractivity (Wildman–Crippen MR) is 53.4 cm³/mol. The molecular weight excluding hydrogens is 250 g/mol. The van der Waals surface area contributed by atoms with E-state index in [0.29, 0.717) is 22.9 Å². The number of nitro groups is 1. The van der Waals surface area contributed by atoms with Crippen molar-refractivity contribution in [3.63, 3.8) is 0 Å². The van der Waals surface area contributed by atoms with E-state index < -0.39 is 4.92 Å². The van der Waals surface area contributed by atoms with Crippen molar-refractivity contribution in [1.29, 1.82) is 0 Å². The van der Waals surface area contributed by atoms with Gasteiger partial charge in [-0.05, 0) is 27.9 Å². The van der Waals surface area contributed by atoms with Crippen LogP contribution in [-0.4, -0.2) is 10.7 Å². The number of halogens is 1. The first-order valence-corrected chi connectivity index (χ1v) is 4.89. The summed E-state index contributed by atoms with van der Waals surface area (Å²) in [6, 6.07) is 2.85. The summed E-state index contributed by atoms with van der Waals surface area (Å²) in [5.41, 5.74) is 1.41. The molecule has 2 rings (SSSR count). The molecule has 0 bridgehead atoms. The van der Waals surface area contributed by atoms with Gasteiger partial charge in [0.05, 0.1) is 4.92 Å². The number of aryl methyl sites for hydroxylation is 1. The smallest absolute Gasteiger partial charge is 0.270 e. The molecule has 0 fully saturated rings. The average molecular weight is 256 g/mol. The number of carbonyl (C=O) groups is 1. The predicted octanol–water partition coefficient (Wildman–Crippen LogP) is 2.49. The first kappa shape index (κ1) is 9.33. The van der Waals surface area contributed by atoms with E-state index in [2.05, 4.69) is 15.9 Å². The van der Waals surface area contributed by atoms with Crippen LogP contribution in [0.3, 0.4) is 0 Å². The minimum absolute atomic E-state index is 0.0327. The molecule has 0 heterocycles. The van der Waals surface area contributed by atoms with Crippen molar-refractivity contribution in [2.45, 2.75) is 12.8 Å². The summed E-state index contributed by atoms with van der Waals surface area (Å²) >= 11 is 3.18. The van der Waals surface area contributed by atoms with E-state index in [9.17, 15) is 14.9 Å². The fourth-order valence-electron chi connectivity index (χ4n) is 1.64. The van der Waals surface area contributed by atoms with Crippen molar-refractivity contribution in [1.82, 2.24) is 0 Å².